The van der Waals surface area contributed by atoms with Crippen LogP contribution in [0.5, 0.6) is 0 Å². The minimum Gasteiger partial charge on any atom is -0.462 e. The maximum Gasteiger partial charge on any atom is 0.407 e. The minimum absolute atomic E-state index is 0.0430. The van der Waals surface area contributed by atoms with Gasteiger partial charge >= 0.3 is 18.0 Å². The van der Waals surface area contributed by atoms with Crippen LogP contribution in [0.15, 0.2) is 24.3 Å². The van der Waals surface area contributed by atoms with Crippen LogP contribution in [-0.2, 0) is 23.8 Å². The molecule has 8 nitrogen and oxygen atoms in total. The Kier molecular flexibility index (Phi) is 35.8. The molecule has 0 aromatic heterocycles. The lowest BCUT2D eigenvalue weighted by atomic mass is 10.1. The molecule has 0 spiro atoms. The maximum atomic E-state index is 12.7. The third-order valence-electron chi connectivity index (χ3n) is 10.3. The Morgan fingerprint density at radius 2 is 0.981 bits per heavy atom. The molecule has 1 heterocycles. The van der Waals surface area contributed by atoms with E-state index in [4.69, 9.17) is 14.2 Å². The number of esters is 2. The summed E-state index contributed by atoms with van der Waals surface area (Å²) in [4.78, 5) is 39.8. The standard InChI is InChI=1S/C46H84N2O6/c1-3-5-7-9-11-13-15-17-19-21-23-25-27-29-31-35-44(49)53-42-43(41-47-46(51)52-40-39-48-37-33-34-38-48)54-45(50)36-32-30-28-26-24-22-20-18-16-14-12-10-8-6-4-2/h17-20,43H,3-16,21-42H2,1-2H3,(H,47,51). The molecule has 0 aromatic carbocycles. The molecule has 0 bridgehead atoms. The second kappa shape index (κ2) is 38.9. The summed E-state index contributed by atoms with van der Waals surface area (Å²) in [6, 6.07) is 0. The minimum atomic E-state index is -0.746. The van der Waals surface area contributed by atoms with E-state index in [1.165, 1.54) is 122 Å². The number of ether oxygens (including phenoxy) is 3. The predicted octanol–water partition coefficient (Wildman–Crippen LogP) is 12.3. The molecule has 1 fully saturated rings. The lowest BCUT2D eigenvalue weighted by Crippen LogP contribution is -2.39. The third-order valence-corrected chi connectivity index (χ3v) is 10.3. The Hall–Kier alpha value is -2.35. The van der Waals surface area contributed by atoms with Gasteiger partial charge in [-0.1, -0.05) is 141 Å². The van der Waals surface area contributed by atoms with Crippen molar-refractivity contribution in [2.24, 2.45) is 0 Å². The van der Waals surface area contributed by atoms with E-state index >= 15 is 0 Å². The number of carbonyl (C=O) groups is 3. The Morgan fingerprint density at radius 3 is 1.46 bits per heavy atom. The fourth-order valence-corrected chi connectivity index (χ4v) is 6.84. The quantitative estimate of drug-likeness (QED) is 0.0290. The number of unbranched alkanes of at least 4 members (excludes halogenated alkanes) is 22. The zero-order valence-corrected chi connectivity index (χ0v) is 35.2. The lowest BCUT2D eigenvalue weighted by Gasteiger charge is -2.19. The fraction of sp³-hybridized carbons (Fsp3) is 0.848. The van der Waals surface area contributed by atoms with Crippen molar-refractivity contribution < 1.29 is 28.6 Å². The van der Waals surface area contributed by atoms with Gasteiger partial charge < -0.3 is 19.5 Å². The van der Waals surface area contributed by atoms with E-state index in [1.807, 2.05) is 0 Å². The summed E-state index contributed by atoms with van der Waals surface area (Å²) in [6.07, 6.45) is 42.3. The molecule has 0 aliphatic carbocycles. The smallest absolute Gasteiger partial charge is 0.407 e. The van der Waals surface area contributed by atoms with Crippen LogP contribution < -0.4 is 5.32 Å². The SMILES string of the molecule is CCCCCCCCC=CCCCCCCCC(=O)OCC(CNC(=O)OCCN1CCCC1)OC(=O)CCCCCCCC=CCCCCCCCC. The number of nitrogens with zero attached hydrogens (tertiary/aromatic N) is 1. The molecule has 1 saturated heterocycles. The molecule has 54 heavy (non-hydrogen) atoms. The number of alkyl carbamates (subject to hydrolysis) is 1. The first-order valence-corrected chi connectivity index (χ1v) is 22.8. The number of allylic oxidation sites excluding steroid dienone is 4. The summed E-state index contributed by atoms with van der Waals surface area (Å²) in [5.74, 6) is -0.616. The van der Waals surface area contributed by atoms with Crippen molar-refractivity contribution in [3.05, 3.63) is 24.3 Å². The van der Waals surface area contributed by atoms with Gasteiger partial charge in [-0.15, -0.1) is 0 Å². The summed E-state index contributed by atoms with van der Waals surface area (Å²) < 4.78 is 16.5. The van der Waals surface area contributed by atoms with Crippen LogP contribution in [-0.4, -0.2) is 68.4 Å². The van der Waals surface area contributed by atoms with Crippen LogP contribution in [0.1, 0.15) is 206 Å². The van der Waals surface area contributed by atoms with E-state index in [9.17, 15) is 14.4 Å². The number of hydrogen-bond acceptors (Lipinski definition) is 7. The van der Waals surface area contributed by atoms with Crippen molar-refractivity contribution in [2.45, 2.75) is 213 Å². The normalized spacial score (nSPS) is 13.9. The van der Waals surface area contributed by atoms with E-state index in [-0.39, 0.29) is 25.1 Å². The molecule has 1 aliphatic heterocycles. The van der Waals surface area contributed by atoms with Crippen molar-refractivity contribution in [3.8, 4) is 0 Å². The highest BCUT2D eigenvalue weighted by Crippen LogP contribution is 2.13. The Morgan fingerprint density at radius 1 is 0.556 bits per heavy atom. The number of likely N-dealkylation sites (tertiary alicyclic amines) is 1. The number of carbonyl (C=O) groups excluding carboxylic acids is 3. The average Bonchev–Trinajstić information content (AvgIpc) is 3.69. The molecule has 0 aromatic rings. The van der Waals surface area contributed by atoms with Gasteiger partial charge in [0.05, 0.1) is 6.54 Å². The summed E-state index contributed by atoms with van der Waals surface area (Å²) in [7, 11) is 0. The van der Waals surface area contributed by atoms with Gasteiger partial charge in [-0.25, -0.2) is 4.79 Å². The molecule has 1 atom stereocenters. The predicted molar refractivity (Wildman–Crippen MR) is 225 cm³/mol. The first-order valence-electron chi connectivity index (χ1n) is 22.8. The van der Waals surface area contributed by atoms with Crippen molar-refractivity contribution >= 4 is 18.0 Å². The van der Waals surface area contributed by atoms with E-state index in [2.05, 4.69) is 48.4 Å². The fourth-order valence-electron chi connectivity index (χ4n) is 6.84. The van der Waals surface area contributed by atoms with Crippen LogP contribution in [0.2, 0.25) is 0 Å². The highest BCUT2D eigenvalue weighted by Gasteiger charge is 2.19. The molecule has 1 unspecified atom stereocenters. The van der Waals surface area contributed by atoms with Gasteiger partial charge in [0.15, 0.2) is 6.10 Å². The van der Waals surface area contributed by atoms with Crippen molar-refractivity contribution in [1.82, 2.24) is 10.2 Å². The molecule has 1 rings (SSSR count). The number of amides is 1. The van der Waals surface area contributed by atoms with E-state index in [1.54, 1.807) is 0 Å². The molecule has 0 saturated carbocycles. The summed E-state index contributed by atoms with van der Waals surface area (Å²) >= 11 is 0. The highest BCUT2D eigenvalue weighted by atomic mass is 16.6. The van der Waals surface area contributed by atoms with Gasteiger partial charge in [0.1, 0.15) is 13.2 Å². The molecule has 1 N–H and O–H groups in total. The number of rotatable bonds is 38. The van der Waals surface area contributed by atoms with Crippen molar-refractivity contribution in [3.63, 3.8) is 0 Å². The molecular weight excluding hydrogens is 677 g/mol. The first kappa shape index (κ1) is 49.7. The van der Waals surface area contributed by atoms with Crippen molar-refractivity contribution in [1.29, 1.82) is 0 Å². The Balaban J connectivity index is 2.23. The summed E-state index contributed by atoms with van der Waals surface area (Å²) in [6.45, 7) is 7.61. The maximum absolute atomic E-state index is 12.7. The van der Waals surface area contributed by atoms with Crippen molar-refractivity contribution in [2.75, 3.05) is 39.4 Å². The lowest BCUT2D eigenvalue weighted by molar-refractivity contribution is -0.158. The molecule has 0 radical (unpaired) electrons. The van der Waals surface area contributed by atoms with E-state index < -0.39 is 12.2 Å². The zero-order valence-electron chi connectivity index (χ0n) is 35.2. The number of hydrogen-bond donors (Lipinski definition) is 1. The van der Waals surface area contributed by atoms with Gasteiger partial charge in [0.25, 0.3) is 0 Å². The molecular formula is C46H84N2O6. The Bertz CT molecular complexity index is 932. The van der Waals surface area contributed by atoms with Crippen LogP contribution >= 0.6 is 0 Å². The highest BCUT2D eigenvalue weighted by molar-refractivity contribution is 5.70. The summed E-state index contributed by atoms with van der Waals surface area (Å²) in [5.41, 5.74) is 0. The van der Waals surface area contributed by atoms with Crippen LogP contribution in [0.3, 0.4) is 0 Å². The van der Waals surface area contributed by atoms with Gasteiger partial charge in [-0.05, 0) is 90.1 Å². The van der Waals surface area contributed by atoms with E-state index in [0.29, 0.717) is 19.4 Å². The molecule has 1 amide bonds. The monoisotopic (exact) mass is 761 g/mol. The molecule has 314 valence electrons. The van der Waals surface area contributed by atoms with Gasteiger partial charge in [-0.3, -0.25) is 14.5 Å². The third kappa shape index (κ3) is 34.2. The second-order valence-electron chi connectivity index (χ2n) is 15.5. The first-order chi connectivity index (χ1) is 26.5. The van der Waals surface area contributed by atoms with Gasteiger partial charge in [0, 0.05) is 19.4 Å². The van der Waals surface area contributed by atoms with Crippen LogP contribution in [0.4, 0.5) is 4.79 Å². The summed E-state index contributed by atoms with van der Waals surface area (Å²) in [5, 5.41) is 2.70. The van der Waals surface area contributed by atoms with E-state index in [0.717, 1.165) is 77.4 Å². The van der Waals surface area contributed by atoms with Crippen LogP contribution in [0, 0.1) is 0 Å². The average molecular weight is 761 g/mol. The largest absolute Gasteiger partial charge is 0.462 e. The molecule has 1 aliphatic rings. The van der Waals surface area contributed by atoms with Gasteiger partial charge in [0.2, 0.25) is 0 Å². The second-order valence-corrected chi connectivity index (χ2v) is 15.5. The molecule has 8 heteroatoms. The number of nitrogens with one attached hydrogen (secondary N) is 1. The van der Waals surface area contributed by atoms with Gasteiger partial charge in [-0.2, -0.15) is 0 Å². The topological polar surface area (TPSA) is 94.2 Å². The zero-order chi connectivity index (χ0) is 39.0. The Labute approximate surface area is 332 Å². The van der Waals surface area contributed by atoms with Crippen LogP contribution in [0.25, 0.3) is 0 Å².